The predicted molar refractivity (Wildman–Crippen MR) is 65.9 cm³/mol. The third-order valence-electron chi connectivity index (χ3n) is 2.73. The molecule has 0 spiro atoms. The Labute approximate surface area is 97.4 Å². The van der Waals surface area contributed by atoms with Crippen LogP contribution in [0.3, 0.4) is 0 Å². The Bertz CT molecular complexity index is 309. The van der Waals surface area contributed by atoms with Gasteiger partial charge in [0.05, 0.1) is 7.11 Å². The van der Waals surface area contributed by atoms with Gasteiger partial charge in [0.2, 0.25) is 0 Å². The van der Waals surface area contributed by atoms with E-state index in [1.807, 2.05) is 12.1 Å². The van der Waals surface area contributed by atoms with E-state index in [1.165, 1.54) is 5.56 Å². The van der Waals surface area contributed by atoms with Crippen LogP contribution in [0.2, 0.25) is 0 Å². The zero-order valence-electron chi connectivity index (χ0n) is 9.83. The van der Waals surface area contributed by atoms with Gasteiger partial charge in [0.15, 0.2) is 0 Å². The van der Waals surface area contributed by atoms with Gasteiger partial charge < -0.3 is 4.74 Å². The summed E-state index contributed by atoms with van der Waals surface area (Å²) in [5.74, 6) is 1.72. The van der Waals surface area contributed by atoms with Crippen molar-refractivity contribution in [2.75, 3.05) is 7.11 Å². The summed E-state index contributed by atoms with van der Waals surface area (Å²) < 4.78 is 5.20. The number of alkyl halides is 1. The molecule has 0 fully saturated rings. The molecule has 0 aliphatic carbocycles. The van der Waals surface area contributed by atoms with Crippen molar-refractivity contribution in [3.8, 4) is 5.75 Å². The van der Waals surface area contributed by atoms with E-state index in [1.54, 1.807) is 7.11 Å². The van der Waals surface area contributed by atoms with Gasteiger partial charge in [-0.15, -0.1) is 11.6 Å². The lowest BCUT2D eigenvalue weighted by atomic mass is 9.91. The molecule has 15 heavy (non-hydrogen) atoms. The summed E-state index contributed by atoms with van der Waals surface area (Å²) in [7, 11) is 1.68. The van der Waals surface area contributed by atoms with Crippen molar-refractivity contribution in [2.45, 2.75) is 32.1 Å². The Morgan fingerprint density at radius 2 is 1.87 bits per heavy atom. The highest BCUT2D eigenvalue weighted by Gasteiger charge is 2.19. The third-order valence-corrected chi connectivity index (χ3v) is 3.62. The Morgan fingerprint density at radius 3 is 2.40 bits per heavy atom. The second-order valence-corrected chi connectivity index (χ2v) is 4.76. The first-order chi connectivity index (χ1) is 7.06. The number of halogens is 1. The van der Waals surface area contributed by atoms with Crippen LogP contribution in [0, 0.1) is 5.92 Å². The lowest BCUT2D eigenvalue weighted by Crippen LogP contribution is -2.16. The fourth-order valence-electron chi connectivity index (χ4n) is 1.69. The van der Waals surface area contributed by atoms with Crippen molar-refractivity contribution in [2.24, 2.45) is 5.92 Å². The first-order valence-corrected chi connectivity index (χ1v) is 5.78. The van der Waals surface area contributed by atoms with Crippen LogP contribution >= 0.6 is 11.6 Å². The molecule has 1 rings (SSSR count). The summed E-state index contributed by atoms with van der Waals surface area (Å²) >= 11 is 6.36. The largest absolute Gasteiger partial charge is 0.497 e. The Morgan fingerprint density at radius 1 is 1.20 bits per heavy atom. The lowest BCUT2D eigenvalue weighted by molar-refractivity contribution is 0.413. The number of rotatable bonds is 4. The molecule has 1 aromatic rings. The van der Waals surface area contributed by atoms with Crippen molar-refractivity contribution in [3.05, 3.63) is 29.8 Å². The minimum Gasteiger partial charge on any atom is -0.497 e. The molecule has 2 heteroatoms. The van der Waals surface area contributed by atoms with Gasteiger partial charge >= 0.3 is 0 Å². The normalized spacial score (nSPS) is 15.1. The second kappa shape index (κ2) is 5.41. The summed E-state index contributed by atoms with van der Waals surface area (Å²) in [5, 5.41) is 0.164. The van der Waals surface area contributed by atoms with E-state index in [0.29, 0.717) is 11.8 Å². The fraction of sp³-hybridized carbons (Fsp3) is 0.538. The highest BCUT2D eigenvalue weighted by Crippen LogP contribution is 2.30. The van der Waals surface area contributed by atoms with Crippen molar-refractivity contribution in [3.63, 3.8) is 0 Å². The molecule has 84 valence electrons. The number of methoxy groups -OCH3 is 1. The number of ether oxygens (including phenoxy) is 1. The summed E-state index contributed by atoms with van der Waals surface area (Å²) in [4.78, 5) is 0. The Balaban J connectivity index is 2.85. The smallest absolute Gasteiger partial charge is 0.119 e. The van der Waals surface area contributed by atoms with Crippen LogP contribution in [0.4, 0.5) is 0 Å². The van der Waals surface area contributed by atoms with Crippen molar-refractivity contribution < 1.29 is 4.74 Å². The molecule has 0 radical (unpaired) electrons. The number of hydrogen-bond acceptors (Lipinski definition) is 1. The molecule has 0 bridgehead atoms. The molecule has 0 heterocycles. The second-order valence-electron chi connectivity index (χ2n) is 4.25. The van der Waals surface area contributed by atoms with E-state index < -0.39 is 0 Å². The molecule has 0 aliphatic rings. The van der Waals surface area contributed by atoms with Gasteiger partial charge in [-0.1, -0.05) is 32.9 Å². The summed E-state index contributed by atoms with van der Waals surface area (Å²) in [6, 6.07) is 8.12. The van der Waals surface area contributed by atoms with Crippen LogP contribution in [0.5, 0.6) is 5.75 Å². The van der Waals surface area contributed by atoms with E-state index in [2.05, 4.69) is 32.9 Å². The quantitative estimate of drug-likeness (QED) is 0.704. The van der Waals surface area contributed by atoms with Gasteiger partial charge in [-0.25, -0.2) is 0 Å². The molecule has 0 saturated carbocycles. The van der Waals surface area contributed by atoms with Gasteiger partial charge in [0.25, 0.3) is 0 Å². The maximum Gasteiger partial charge on any atom is 0.119 e. The molecule has 0 aromatic heterocycles. The van der Waals surface area contributed by atoms with Gasteiger partial charge in [0, 0.05) is 5.38 Å². The minimum absolute atomic E-state index is 0.164. The lowest BCUT2D eigenvalue weighted by Gasteiger charge is -2.22. The molecular weight excluding hydrogens is 208 g/mol. The molecule has 2 unspecified atom stereocenters. The highest BCUT2D eigenvalue weighted by atomic mass is 35.5. The molecule has 0 amide bonds. The van der Waals surface area contributed by atoms with Gasteiger partial charge in [0.1, 0.15) is 5.75 Å². The molecule has 1 nitrogen and oxygen atoms in total. The van der Waals surface area contributed by atoms with Gasteiger partial charge in [-0.2, -0.15) is 0 Å². The van der Waals surface area contributed by atoms with E-state index in [0.717, 1.165) is 5.75 Å². The maximum absolute atomic E-state index is 6.36. The van der Waals surface area contributed by atoms with Crippen LogP contribution in [0.25, 0.3) is 0 Å². The third kappa shape index (κ3) is 3.13. The van der Waals surface area contributed by atoms with Crippen molar-refractivity contribution >= 4 is 11.6 Å². The minimum atomic E-state index is 0.164. The van der Waals surface area contributed by atoms with Gasteiger partial charge in [-0.05, 0) is 29.5 Å². The molecule has 1 aromatic carbocycles. The van der Waals surface area contributed by atoms with Gasteiger partial charge in [-0.3, -0.25) is 0 Å². The molecule has 0 aliphatic heterocycles. The Hall–Kier alpha value is -0.690. The zero-order chi connectivity index (χ0) is 11.4. The van der Waals surface area contributed by atoms with E-state index in [9.17, 15) is 0 Å². The van der Waals surface area contributed by atoms with E-state index in [-0.39, 0.29) is 5.38 Å². The summed E-state index contributed by atoms with van der Waals surface area (Å²) in [6.45, 7) is 6.45. The first-order valence-electron chi connectivity index (χ1n) is 5.34. The fourth-order valence-corrected chi connectivity index (χ4v) is 1.83. The molecule has 2 atom stereocenters. The molecular formula is C13H19ClO. The SMILES string of the molecule is COc1cccc(C(C)C(Cl)C(C)C)c1. The van der Waals surface area contributed by atoms with Crippen LogP contribution in [-0.4, -0.2) is 12.5 Å². The first kappa shape index (κ1) is 12.4. The molecule has 0 saturated heterocycles. The van der Waals surface area contributed by atoms with Crippen molar-refractivity contribution in [1.82, 2.24) is 0 Å². The van der Waals surface area contributed by atoms with E-state index >= 15 is 0 Å². The number of benzene rings is 1. The van der Waals surface area contributed by atoms with E-state index in [4.69, 9.17) is 16.3 Å². The standard InChI is InChI=1S/C13H19ClO/c1-9(2)13(14)10(3)11-6-5-7-12(8-11)15-4/h5-10,13H,1-4H3. The van der Waals surface area contributed by atoms with Crippen LogP contribution in [0.1, 0.15) is 32.3 Å². The maximum atomic E-state index is 6.36. The zero-order valence-corrected chi connectivity index (χ0v) is 10.6. The monoisotopic (exact) mass is 226 g/mol. The highest BCUT2D eigenvalue weighted by molar-refractivity contribution is 6.21. The van der Waals surface area contributed by atoms with Crippen LogP contribution < -0.4 is 4.74 Å². The van der Waals surface area contributed by atoms with Crippen LogP contribution in [0.15, 0.2) is 24.3 Å². The topological polar surface area (TPSA) is 9.23 Å². The predicted octanol–water partition coefficient (Wildman–Crippen LogP) is 4.06. The summed E-state index contributed by atoms with van der Waals surface area (Å²) in [5.41, 5.74) is 1.24. The average molecular weight is 227 g/mol. The molecule has 0 N–H and O–H groups in total. The summed E-state index contributed by atoms with van der Waals surface area (Å²) in [6.07, 6.45) is 0. The number of hydrogen-bond donors (Lipinski definition) is 0. The average Bonchev–Trinajstić information content (AvgIpc) is 2.27. The Kier molecular flexibility index (Phi) is 4.46. The van der Waals surface area contributed by atoms with Crippen molar-refractivity contribution in [1.29, 1.82) is 0 Å². The van der Waals surface area contributed by atoms with Crippen LogP contribution in [-0.2, 0) is 0 Å².